The number of ether oxygens (including phenoxy) is 1. The lowest BCUT2D eigenvalue weighted by Crippen LogP contribution is -2.58. The molecule has 218 valence electrons. The SMILES string of the molecule is C=C1O[C@H](CC)[C@@](C)(O)C(O)C(C)N(C)C[C@H](C)C[C@@](C)(O)C[C@@H](C)[C@H](CC2CC(C)CC(C)C2)C1C. The quantitative estimate of drug-likeness (QED) is 0.407. The van der Waals surface area contributed by atoms with E-state index < -0.39 is 23.4 Å². The first-order valence-corrected chi connectivity index (χ1v) is 15.2. The molecule has 37 heavy (non-hydrogen) atoms. The molecule has 1 aliphatic carbocycles. The Balaban J connectivity index is 2.43. The summed E-state index contributed by atoms with van der Waals surface area (Å²) in [6, 6.07) is -0.266. The number of aliphatic hydroxyl groups excluding tert-OH is 1. The second-order valence-corrected chi connectivity index (χ2v) is 14.3. The van der Waals surface area contributed by atoms with Crippen LogP contribution in [0.3, 0.4) is 0 Å². The third-order valence-corrected chi connectivity index (χ3v) is 9.98. The van der Waals surface area contributed by atoms with Crippen LogP contribution in [0.15, 0.2) is 12.3 Å². The van der Waals surface area contributed by atoms with Crippen LogP contribution in [-0.4, -0.2) is 63.3 Å². The molecule has 1 aliphatic heterocycles. The Morgan fingerprint density at radius 3 is 2.05 bits per heavy atom. The first-order valence-electron chi connectivity index (χ1n) is 15.2. The monoisotopic (exact) mass is 523 g/mol. The van der Waals surface area contributed by atoms with Crippen molar-refractivity contribution in [3.8, 4) is 0 Å². The van der Waals surface area contributed by atoms with Gasteiger partial charge in [-0.3, -0.25) is 0 Å². The van der Waals surface area contributed by atoms with Gasteiger partial charge in [0.05, 0.1) is 11.4 Å². The molecule has 0 bridgehead atoms. The molecule has 0 aromatic carbocycles. The van der Waals surface area contributed by atoms with Crippen molar-refractivity contribution in [2.75, 3.05) is 13.6 Å². The fourth-order valence-corrected chi connectivity index (χ4v) is 8.09. The number of hydrogen-bond acceptors (Lipinski definition) is 5. The van der Waals surface area contributed by atoms with E-state index in [1.54, 1.807) is 6.92 Å². The lowest BCUT2D eigenvalue weighted by Gasteiger charge is -2.43. The maximum atomic E-state index is 11.6. The molecule has 0 aromatic rings. The molecule has 3 N–H and O–H groups in total. The highest BCUT2D eigenvalue weighted by molar-refractivity contribution is 5.02. The molecule has 2 aliphatic rings. The summed E-state index contributed by atoms with van der Waals surface area (Å²) in [4.78, 5) is 2.10. The highest BCUT2D eigenvalue weighted by Crippen LogP contribution is 2.43. The average Bonchev–Trinajstić information content (AvgIpc) is 2.76. The molecule has 0 spiro atoms. The van der Waals surface area contributed by atoms with Crippen LogP contribution in [0.4, 0.5) is 0 Å². The number of nitrogens with zero attached hydrogens (tertiary/aromatic N) is 1. The molecule has 0 amide bonds. The van der Waals surface area contributed by atoms with E-state index in [0.717, 1.165) is 31.2 Å². The molecule has 1 saturated carbocycles. The number of rotatable bonds is 3. The Kier molecular flexibility index (Phi) is 11.6. The minimum atomic E-state index is -1.42. The van der Waals surface area contributed by atoms with Crippen LogP contribution in [-0.2, 0) is 4.74 Å². The largest absolute Gasteiger partial charge is 0.492 e. The molecule has 5 unspecified atom stereocenters. The third kappa shape index (κ3) is 8.68. The first kappa shape index (κ1) is 32.6. The van der Waals surface area contributed by atoms with E-state index in [9.17, 15) is 15.3 Å². The van der Waals surface area contributed by atoms with Gasteiger partial charge in [-0.05, 0) is 108 Å². The molecule has 2 rings (SSSR count). The normalized spacial score (nSPS) is 48.1. The summed E-state index contributed by atoms with van der Waals surface area (Å²) in [6.45, 7) is 24.2. The third-order valence-electron chi connectivity index (χ3n) is 9.98. The van der Waals surface area contributed by atoms with Gasteiger partial charge in [0.15, 0.2) is 0 Å². The second kappa shape index (κ2) is 13.2. The van der Waals surface area contributed by atoms with Gasteiger partial charge in [-0.15, -0.1) is 0 Å². The van der Waals surface area contributed by atoms with Crippen molar-refractivity contribution in [2.24, 2.45) is 41.4 Å². The van der Waals surface area contributed by atoms with Gasteiger partial charge in [0.1, 0.15) is 17.8 Å². The molecule has 0 aromatic heterocycles. The van der Waals surface area contributed by atoms with E-state index >= 15 is 0 Å². The van der Waals surface area contributed by atoms with Gasteiger partial charge in [0, 0.05) is 18.5 Å². The zero-order valence-corrected chi connectivity index (χ0v) is 25.8. The van der Waals surface area contributed by atoms with E-state index in [1.807, 2.05) is 27.8 Å². The lowest BCUT2D eigenvalue weighted by atomic mass is 9.67. The minimum absolute atomic E-state index is 0.0861. The fraction of sp³-hybridized carbons (Fsp3) is 0.938. The molecule has 5 nitrogen and oxygen atoms in total. The van der Waals surface area contributed by atoms with Gasteiger partial charge in [-0.25, -0.2) is 0 Å². The van der Waals surface area contributed by atoms with E-state index in [-0.39, 0.29) is 17.9 Å². The van der Waals surface area contributed by atoms with E-state index in [4.69, 9.17) is 4.74 Å². The smallest absolute Gasteiger partial charge is 0.129 e. The predicted octanol–water partition coefficient (Wildman–Crippen LogP) is 6.26. The zero-order valence-electron chi connectivity index (χ0n) is 25.8. The van der Waals surface area contributed by atoms with Gasteiger partial charge in [0.25, 0.3) is 0 Å². The van der Waals surface area contributed by atoms with Crippen LogP contribution < -0.4 is 0 Å². The Labute approximate surface area is 229 Å². The van der Waals surface area contributed by atoms with Crippen LogP contribution in [0.25, 0.3) is 0 Å². The highest BCUT2D eigenvalue weighted by Gasteiger charge is 2.45. The minimum Gasteiger partial charge on any atom is -0.492 e. The molecule has 1 saturated heterocycles. The standard InChI is InChI=1S/C32H61NO4/c1-12-29-32(10,36)30(34)25(7)33(11)19-22(4)17-31(9,35)18-23(5)28(24(6)26(8)37-29)16-27-14-20(2)13-21(3)15-27/h20-25,27-30,34-36H,8,12-19H2,1-7,9-11H3/t20?,21?,22-,23-,24?,25?,27?,28+,29-,30?,31-,32-/m1/s1. The molecular formula is C32H61NO4. The summed E-state index contributed by atoms with van der Waals surface area (Å²) in [5, 5.41) is 34.4. The van der Waals surface area contributed by atoms with Gasteiger partial charge < -0.3 is 25.0 Å². The van der Waals surface area contributed by atoms with Crippen LogP contribution in [0.2, 0.25) is 0 Å². The van der Waals surface area contributed by atoms with Gasteiger partial charge >= 0.3 is 0 Å². The molecule has 1 heterocycles. The van der Waals surface area contributed by atoms with Gasteiger partial charge in [0.2, 0.25) is 0 Å². The van der Waals surface area contributed by atoms with Crippen LogP contribution in [0, 0.1) is 41.4 Å². The van der Waals surface area contributed by atoms with Gasteiger partial charge in [-0.1, -0.05) is 48.1 Å². The fourth-order valence-electron chi connectivity index (χ4n) is 8.09. The summed E-state index contributed by atoms with van der Waals surface area (Å²) in [6.07, 6.45) is 5.46. The Hall–Kier alpha value is -0.620. The second-order valence-electron chi connectivity index (χ2n) is 14.3. The van der Waals surface area contributed by atoms with Crippen molar-refractivity contribution in [1.29, 1.82) is 0 Å². The van der Waals surface area contributed by atoms with Crippen LogP contribution >= 0.6 is 0 Å². The van der Waals surface area contributed by atoms with Crippen molar-refractivity contribution in [3.05, 3.63) is 12.3 Å². The van der Waals surface area contributed by atoms with Crippen molar-refractivity contribution in [2.45, 2.75) is 137 Å². The zero-order chi connectivity index (χ0) is 28.3. The van der Waals surface area contributed by atoms with Crippen molar-refractivity contribution in [3.63, 3.8) is 0 Å². The molecule has 11 atom stereocenters. The molecule has 2 fully saturated rings. The number of allylic oxidation sites excluding steroid dienone is 1. The van der Waals surface area contributed by atoms with E-state index in [1.165, 1.54) is 19.3 Å². The predicted molar refractivity (Wildman–Crippen MR) is 154 cm³/mol. The van der Waals surface area contributed by atoms with E-state index in [2.05, 4.69) is 46.1 Å². The van der Waals surface area contributed by atoms with E-state index in [0.29, 0.717) is 36.4 Å². The summed E-state index contributed by atoms with van der Waals surface area (Å²) >= 11 is 0. The Morgan fingerprint density at radius 2 is 1.51 bits per heavy atom. The summed E-state index contributed by atoms with van der Waals surface area (Å²) in [5.41, 5.74) is -2.19. The van der Waals surface area contributed by atoms with Crippen molar-refractivity contribution in [1.82, 2.24) is 4.90 Å². The van der Waals surface area contributed by atoms with Crippen molar-refractivity contribution < 1.29 is 20.1 Å². The molecule has 5 heteroatoms. The number of hydrogen-bond donors (Lipinski definition) is 3. The Morgan fingerprint density at radius 1 is 0.946 bits per heavy atom. The summed E-state index contributed by atoms with van der Waals surface area (Å²) in [5.74, 6) is 3.85. The van der Waals surface area contributed by atoms with Crippen LogP contribution in [0.5, 0.6) is 0 Å². The van der Waals surface area contributed by atoms with Gasteiger partial charge in [-0.2, -0.15) is 0 Å². The molecule has 0 radical (unpaired) electrons. The topological polar surface area (TPSA) is 73.2 Å². The van der Waals surface area contributed by atoms with Crippen molar-refractivity contribution >= 4 is 0 Å². The first-order chi connectivity index (χ1) is 17.0. The number of aliphatic hydroxyl groups is 3. The van der Waals surface area contributed by atoms with Crippen LogP contribution in [0.1, 0.15) is 107 Å². The summed E-state index contributed by atoms with van der Waals surface area (Å²) < 4.78 is 6.45. The maximum Gasteiger partial charge on any atom is 0.129 e. The Bertz CT molecular complexity index is 712. The summed E-state index contributed by atoms with van der Waals surface area (Å²) in [7, 11) is 1.99. The highest BCUT2D eigenvalue weighted by atomic mass is 16.5. The molecular weight excluding hydrogens is 462 g/mol. The maximum absolute atomic E-state index is 11.6. The number of likely N-dealkylation sites (N-methyl/N-ethyl adjacent to an activating group) is 1. The average molecular weight is 524 g/mol. The lowest BCUT2D eigenvalue weighted by molar-refractivity contribution is -0.163.